The summed E-state index contributed by atoms with van der Waals surface area (Å²) in [4.78, 5) is 16.9. The number of ether oxygens (including phenoxy) is 1. The highest BCUT2D eigenvalue weighted by molar-refractivity contribution is 6.36. The Morgan fingerprint density at radius 1 is 1.21 bits per heavy atom. The molecule has 8 nitrogen and oxygen atoms in total. The van der Waals surface area contributed by atoms with Crippen LogP contribution >= 0.6 is 11.6 Å². The number of aromatic nitrogens is 5. The Morgan fingerprint density at radius 3 is 2.67 bits per heavy atom. The number of methoxy groups -OCH3 is 1. The molecule has 0 saturated carbocycles. The molecule has 3 aromatic heterocycles. The summed E-state index contributed by atoms with van der Waals surface area (Å²) < 4.78 is 48.9. The van der Waals surface area contributed by atoms with E-state index in [4.69, 9.17) is 16.3 Å². The number of nitrogens with one attached hydrogen (secondary N) is 1. The lowest BCUT2D eigenvalue weighted by Gasteiger charge is -2.11. The Bertz CT molecular complexity index is 1330. The van der Waals surface area contributed by atoms with E-state index in [1.807, 2.05) is 6.92 Å². The van der Waals surface area contributed by atoms with E-state index < -0.39 is 17.8 Å². The predicted octanol–water partition coefficient (Wildman–Crippen LogP) is 4.22. The first-order valence-electron chi connectivity index (χ1n) is 9.82. The number of halogens is 4. The largest absolute Gasteiger partial charge is 0.497 e. The maximum absolute atomic E-state index is 13.8. The van der Waals surface area contributed by atoms with Crippen molar-refractivity contribution in [1.29, 1.82) is 0 Å². The monoisotopic (exact) mass is 478 g/mol. The molecule has 33 heavy (non-hydrogen) atoms. The van der Waals surface area contributed by atoms with Crippen LogP contribution in [-0.4, -0.2) is 37.4 Å². The topological polar surface area (TPSA) is 86.3 Å². The van der Waals surface area contributed by atoms with Gasteiger partial charge in [-0.2, -0.15) is 23.4 Å². The summed E-state index contributed by atoms with van der Waals surface area (Å²) in [7, 11) is 1.45. The summed E-state index contributed by atoms with van der Waals surface area (Å²) in [6.07, 6.45) is -3.02. The van der Waals surface area contributed by atoms with Gasteiger partial charge < -0.3 is 10.1 Å². The summed E-state index contributed by atoms with van der Waals surface area (Å²) in [5.74, 6) is -0.291. The molecule has 0 atom stereocenters. The molecular weight excluding hydrogens is 461 g/mol. The first-order chi connectivity index (χ1) is 15.7. The van der Waals surface area contributed by atoms with Gasteiger partial charge in [-0.05, 0) is 31.2 Å². The van der Waals surface area contributed by atoms with E-state index in [0.29, 0.717) is 28.1 Å². The lowest BCUT2D eigenvalue weighted by molar-refractivity contribution is -0.142. The predicted molar refractivity (Wildman–Crippen MR) is 114 cm³/mol. The normalized spacial score (nSPS) is 11.7. The van der Waals surface area contributed by atoms with E-state index >= 15 is 0 Å². The van der Waals surface area contributed by atoms with Crippen molar-refractivity contribution in [3.05, 3.63) is 64.7 Å². The minimum absolute atomic E-state index is 0.00703. The average Bonchev–Trinajstić information content (AvgIpc) is 3.40. The number of amides is 1. The fourth-order valence-electron chi connectivity index (χ4n) is 3.20. The average molecular weight is 479 g/mol. The smallest absolute Gasteiger partial charge is 0.433 e. The van der Waals surface area contributed by atoms with Gasteiger partial charge in [-0.25, -0.2) is 9.50 Å². The van der Waals surface area contributed by atoms with Crippen LogP contribution < -0.4 is 10.1 Å². The van der Waals surface area contributed by atoms with Crippen LogP contribution in [0.3, 0.4) is 0 Å². The molecule has 0 spiro atoms. The van der Waals surface area contributed by atoms with Crippen molar-refractivity contribution in [3.8, 4) is 17.0 Å². The van der Waals surface area contributed by atoms with E-state index in [0.717, 1.165) is 6.07 Å². The molecule has 3 heterocycles. The van der Waals surface area contributed by atoms with Crippen LogP contribution in [0.2, 0.25) is 5.02 Å². The van der Waals surface area contributed by atoms with Crippen molar-refractivity contribution >= 4 is 23.2 Å². The van der Waals surface area contributed by atoms with Crippen LogP contribution in [-0.2, 0) is 19.3 Å². The standard InChI is InChI=1S/C21H18ClF3N6O2/c1-3-30-8-7-13(28-30)11-26-20(32)18-17(22)19-27-15(12-5-4-6-14(9-12)33-2)10-16(21(23,24)25)31(19)29-18/h4-10H,3,11H2,1-2H3,(H,26,32). The summed E-state index contributed by atoms with van der Waals surface area (Å²) >= 11 is 6.28. The fourth-order valence-corrected chi connectivity index (χ4v) is 3.44. The van der Waals surface area contributed by atoms with Crippen molar-refractivity contribution in [2.45, 2.75) is 26.2 Å². The van der Waals surface area contributed by atoms with Crippen LogP contribution in [0.15, 0.2) is 42.6 Å². The number of fused-ring (bicyclic) bond motifs is 1. The van der Waals surface area contributed by atoms with Crippen molar-refractivity contribution < 1.29 is 22.7 Å². The maximum Gasteiger partial charge on any atom is 0.433 e. The van der Waals surface area contributed by atoms with Crippen molar-refractivity contribution in [1.82, 2.24) is 29.7 Å². The highest BCUT2D eigenvalue weighted by Crippen LogP contribution is 2.35. The molecule has 0 saturated heterocycles. The second kappa shape index (κ2) is 8.74. The van der Waals surface area contributed by atoms with Crippen molar-refractivity contribution in [3.63, 3.8) is 0 Å². The lowest BCUT2D eigenvalue weighted by Crippen LogP contribution is -2.24. The molecule has 4 aromatic rings. The molecule has 0 aliphatic heterocycles. The van der Waals surface area contributed by atoms with Crippen molar-refractivity contribution in [2.24, 2.45) is 0 Å². The third kappa shape index (κ3) is 4.49. The number of aryl methyl sites for hydroxylation is 1. The third-order valence-corrected chi connectivity index (χ3v) is 5.20. The van der Waals surface area contributed by atoms with Gasteiger partial charge in [0.2, 0.25) is 0 Å². The number of nitrogens with zero attached hydrogens (tertiary/aromatic N) is 5. The zero-order valence-corrected chi connectivity index (χ0v) is 18.3. The first kappa shape index (κ1) is 22.6. The SMILES string of the molecule is CCn1ccc(CNC(=O)c2nn3c(C(F)(F)F)cc(-c4cccc(OC)c4)nc3c2Cl)n1. The quantitative estimate of drug-likeness (QED) is 0.448. The van der Waals surface area contributed by atoms with Gasteiger partial charge in [-0.1, -0.05) is 23.7 Å². The summed E-state index contributed by atoms with van der Waals surface area (Å²) in [5, 5.41) is 10.3. The molecule has 4 rings (SSSR count). The second-order valence-electron chi connectivity index (χ2n) is 7.00. The Labute approximate surface area is 190 Å². The van der Waals surface area contributed by atoms with Gasteiger partial charge in [0, 0.05) is 18.3 Å². The molecule has 0 aliphatic carbocycles. The van der Waals surface area contributed by atoms with E-state index in [2.05, 4.69) is 20.5 Å². The first-order valence-corrected chi connectivity index (χ1v) is 10.2. The minimum Gasteiger partial charge on any atom is -0.497 e. The third-order valence-electron chi connectivity index (χ3n) is 4.85. The van der Waals surface area contributed by atoms with Crippen LogP contribution in [0.25, 0.3) is 16.9 Å². The van der Waals surface area contributed by atoms with E-state index in [1.54, 1.807) is 41.2 Å². The van der Waals surface area contributed by atoms with Gasteiger partial charge in [0.05, 0.1) is 25.0 Å². The number of rotatable bonds is 6. The van der Waals surface area contributed by atoms with Crippen molar-refractivity contribution in [2.75, 3.05) is 7.11 Å². The van der Waals surface area contributed by atoms with Gasteiger partial charge in [-0.15, -0.1) is 0 Å². The molecule has 1 amide bonds. The molecule has 1 N–H and O–H groups in total. The molecule has 1 aromatic carbocycles. The lowest BCUT2D eigenvalue weighted by atomic mass is 10.1. The van der Waals surface area contributed by atoms with Gasteiger partial charge in [0.1, 0.15) is 10.8 Å². The second-order valence-corrected chi connectivity index (χ2v) is 7.38. The summed E-state index contributed by atoms with van der Waals surface area (Å²) in [5.41, 5.74) is -0.797. The zero-order valence-electron chi connectivity index (χ0n) is 17.5. The highest BCUT2D eigenvalue weighted by Gasteiger charge is 2.36. The van der Waals surface area contributed by atoms with Crippen LogP contribution in [0, 0.1) is 0 Å². The molecule has 0 bridgehead atoms. The molecule has 12 heteroatoms. The van der Waals surface area contributed by atoms with Gasteiger partial charge in [0.25, 0.3) is 5.91 Å². The van der Waals surface area contributed by atoms with E-state index in [9.17, 15) is 18.0 Å². The molecule has 0 unspecified atom stereocenters. The molecule has 172 valence electrons. The Hall–Kier alpha value is -3.60. The molecular formula is C21H18ClF3N6O2. The number of carbonyl (C=O) groups excluding carboxylic acids is 1. The number of hydrogen-bond donors (Lipinski definition) is 1. The highest BCUT2D eigenvalue weighted by atomic mass is 35.5. The Morgan fingerprint density at radius 2 is 2.00 bits per heavy atom. The van der Waals surface area contributed by atoms with E-state index in [-0.39, 0.29) is 28.6 Å². The molecule has 0 fully saturated rings. The summed E-state index contributed by atoms with van der Waals surface area (Å²) in [6.45, 7) is 2.63. The van der Waals surface area contributed by atoms with Gasteiger partial charge >= 0.3 is 6.18 Å². The van der Waals surface area contributed by atoms with Crippen LogP contribution in [0.5, 0.6) is 5.75 Å². The zero-order chi connectivity index (χ0) is 23.8. The molecule has 0 aliphatic rings. The molecule has 0 radical (unpaired) electrons. The van der Waals surface area contributed by atoms with Crippen LogP contribution in [0.1, 0.15) is 28.8 Å². The Kier molecular flexibility index (Phi) is 5.98. The van der Waals surface area contributed by atoms with E-state index in [1.165, 1.54) is 7.11 Å². The minimum atomic E-state index is -4.77. The van der Waals surface area contributed by atoms with Crippen LogP contribution in [0.4, 0.5) is 13.2 Å². The van der Waals surface area contributed by atoms with Gasteiger partial charge in [0.15, 0.2) is 17.0 Å². The fraction of sp³-hybridized carbons (Fsp3) is 0.238. The maximum atomic E-state index is 13.8. The summed E-state index contributed by atoms with van der Waals surface area (Å²) in [6, 6.07) is 9.00. The number of benzene rings is 1. The number of alkyl halides is 3. The Balaban J connectivity index is 1.75. The number of carbonyl (C=O) groups is 1. The number of hydrogen-bond acceptors (Lipinski definition) is 5. The van der Waals surface area contributed by atoms with Gasteiger partial charge in [-0.3, -0.25) is 9.48 Å².